The van der Waals surface area contributed by atoms with Gasteiger partial charge < -0.3 is 11.1 Å². The third-order valence-corrected chi connectivity index (χ3v) is 4.93. The van der Waals surface area contributed by atoms with Crippen molar-refractivity contribution in [2.24, 2.45) is 5.92 Å². The van der Waals surface area contributed by atoms with Gasteiger partial charge in [0.05, 0.1) is 0 Å². The smallest absolute Gasteiger partial charge is 0.0360 e. The van der Waals surface area contributed by atoms with Crippen LogP contribution in [0.15, 0.2) is 48.5 Å². The van der Waals surface area contributed by atoms with Crippen LogP contribution in [0.1, 0.15) is 41.5 Å². The van der Waals surface area contributed by atoms with Crippen molar-refractivity contribution in [2.45, 2.75) is 24.8 Å². The number of rotatable bonds is 1. The molecule has 2 heteroatoms. The number of fused-ring (bicyclic) bond motifs is 3. The number of piperidine rings is 1. The molecule has 3 unspecified atom stereocenters. The van der Waals surface area contributed by atoms with Crippen molar-refractivity contribution in [3.63, 3.8) is 0 Å². The van der Waals surface area contributed by atoms with Gasteiger partial charge in [-0.3, -0.25) is 0 Å². The molecular weight excluding hydrogens is 244 g/mol. The molecule has 2 aliphatic rings. The standard InChI is InChI=1S/C18H20N2/c19-16-10-4-3-8-14(16)17-12-6-1-2-7-13(12)18-15(17)9-5-11-20-18/h1-4,6-8,10,15,17-18,20H,5,9,11,19H2. The predicted molar refractivity (Wildman–Crippen MR) is 82.6 cm³/mol. The lowest BCUT2D eigenvalue weighted by Gasteiger charge is -2.31. The predicted octanol–water partition coefficient (Wildman–Crippen LogP) is 3.46. The van der Waals surface area contributed by atoms with Crippen LogP contribution in [0.3, 0.4) is 0 Å². The van der Waals surface area contributed by atoms with E-state index in [-0.39, 0.29) is 0 Å². The van der Waals surface area contributed by atoms with E-state index in [9.17, 15) is 0 Å². The highest BCUT2D eigenvalue weighted by atomic mass is 14.9. The van der Waals surface area contributed by atoms with Crippen LogP contribution in [-0.2, 0) is 0 Å². The molecule has 2 aromatic carbocycles. The number of hydrogen-bond acceptors (Lipinski definition) is 2. The van der Waals surface area contributed by atoms with E-state index in [1.807, 2.05) is 12.1 Å². The highest BCUT2D eigenvalue weighted by molar-refractivity contribution is 5.56. The topological polar surface area (TPSA) is 38.0 Å². The third kappa shape index (κ3) is 1.68. The summed E-state index contributed by atoms with van der Waals surface area (Å²) in [6.45, 7) is 1.13. The highest BCUT2D eigenvalue weighted by Crippen LogP contribution is 2.52. The summed E-state index contributed by atoms with van der Waals surface area (Å²) in [4.78, 5) is 0. The minimum Gasteiger partial charge on any atom is -0.398 e. The van der Waals surface area contributed by atoms with Crippen molar-refractivity contribution in [3.8, 4) is 0 Å². The van der Waals surface area contributed by atoms with Gasteiger partial charge in [0.1, 0.15) is 0 Å². The van der Waals surface area contributed by atoms with E-state index in [0.717, 1.165) is 12.2 Å². The first-order chi connectivity index (χ1) is 9.86. The molecule has 3 N–H and O–H groups in total. The first-order valence-electron chi connectivity index (χ1n) is 7.53. The van der Waals surface area contributed by atoms with Crippen LogP contribution in [0.4, 0.5) is 5.69 Å². The Morgan fingerprint density at radius 1 is 0.900 bits per heavy atom. The van der Waals surface area contributed by atoms with Crippen molar-refractivity contribution >= 4 is 5.69 Å². The van der Waals surface area contributed by atoms with Crippen LogP contribution in [-0.4, -0.2) is 6.54 Å². The van der Waals surface area contributed by atoms with Gasteiger partial charge in [-0.25, -0.2) is 0 Å². The second-order valence-corrected chi connectivity index (χ2v) is 5.97. The van der Waals surface area contributed by atoms with Crippen molar-refractivity contribution in [1.82, 2.24) is 5.32 Å². The molecule has 1 aliphatic carbocycles. The van der Waals surface area contributed by atoms with Gasteiger partial charge in [-0.05, 0) is 48.1 Å². The molecule has 3 atom stereocenters. The molecular formula is C18H20N2. The molecule has 4 rings (SSSR count). The second kappa shape index (κ2) is 4.64. The monoisotopic (exact) mass is 264 g/mol. The molecule has 0 aromatic heterocycles. The number of anilines is 1. The van der Waals surface area contributed by atoms with Crippen LogP contribution in [0.2, 0.25) is 0 Å². The van der Waals surface area contributed by atoms with Crippen molar-refractivity contribution in [1.29, 1.82) is 0 Å². The average Bonchev–Trinajstić information content (AvgIpc) is 2.83. The Labute approximate surface area is 120 Å². The summed E-state index contributed by atoms with van der Waals surface area (Å²) in [5.74, 6) is 1.09. The Hall–Kier alpha value is -1.80. The van der Waals surface area contributed by atoms with Gasteiger partial charge in [-0.2, -0.15) is 0 Å². The van der Waals surface area contributed by atoms with E-state index in [1.165, 1.54) is 29.5 Å². The summed E-state index contributed by atoms with van der Waals surface area (Å²) in [6, 6.07) is 17.7. The number of nitrogens with one attached hydrogen (secondary N) is 1. The zero-order chi connectivity index (χ0) is 13.5. The van der Waals surface area contributed by atoms with E-state index in [4.69, 9.17) is 5.73 Å². The number of para-hydroxylation sites is 1. The average molecular weight is 264 g/mol. The Balaban J connectivity index is 1.88. The molecule has 0 spiro atoms. The van der Waals surface area contributed by atoms with Crippen LogP contribution in [0.25, 0.3) is 0 Å². The van der Waals surface area contributed by atoms with Crippen LogP contribution in [0.5, 0.6) is 0 Å². The molecule has 20 heavy (non-hydrogen) atoms. The summed E-state index contributed by atoms with van der Waals surface area (Å²) in [5.41, 5.74) is 11.4. The number of nitrogen functional groups attached to an aromatic ring is 1. The fourth-order valence-corrected chi connectivity index (χ4v) is 4.11. The molecule has 102 valence electrons. The quantitative estimate of drug-likeness (QED) is 0.774. The summed E-state index contributed by atoms with van der Waals surface area (Å²) in [5, 5.41) is 3.72. The maximum absolute atomic E-state index is 6.26. The van der Waals surface area contributed by atoms with E-state index >= 15 is 0 Å². The Kier molecular flexibility index (Phi) is 2.78. The van der Waals surface area contributed by atoms with Crippen molar-refractivity contribution in [2.75, 3.05) is 12.3 Å². The summed E-state index contributed by atoms with van der Waals surface area (Å²) in [7, 11) is 0. The van der Waals surface area contributed by atoms with Gasteiger partial charge in [0.25, 0.3) is 0 Å². The molecule has 1 heterocycles. The highest BCUT2D eigenvalue weighted by Gasteiger charge is 2.42. The fraction of sp³-hybridized carbons (Fsp3) is 0.333. The summed E-state index contributed by atoms with van der Waals surface area (Å²) >= 11 is 0. The molecule has 0 bridgehead atoms. The largest absolute Gasteiger partial charge is 0.398 e. The zero-order valence-electron chi connectivity index (χ0n) is 11.5. The van der Waals surface area contributed by atoms with Crippen molar-refractivity contribution < 1.29 is 0 Å². The van der Waals surface area contributed by atoms with Crippen molar-refractivity contribution in [3.05, 3.63) is 65.2 Å². The molecule has 1 saturated heterocycles. The normalized spacial score (nSPS) is 27.9. The SMILES string of the molecule is Nc1ccccc1C1c2ccccc2C2NCCCC21. The minimum absolute atomic E-state index is 0.449. The Morgan fingerprint density at radius 2 is 1.60 bits per heavy atom. The Bertz CT molecular complexity index is 635. The Morgan fingerprint density at radius 3 is 2.40 bits per heavy atom. The summed E-state index contributed by atoms with van der Waals surface area (Å²) < 4.78 is 0. The lowest BCUT2D eigenvalue weighted by molar-refractivity contribution is 0.287. The van der Waals surface area contributed by atoms with Crippen LogP contribution >= 0.6 is 0 Å². The molecule has 1 fully saturated rings. The third-order valence-electron chi connectivity index (χ3n) is 4.93. The van der Waals surface area contributed by atoms with Gasteiger partial charge in [0.2, 0.25) is 0 Å². The first-order valence-corrected chi connectivity index (χ1v) is 7.53. The van der Waals surface area contributed by atoms with E-state index < -0.39 is 0 Å². The van der Waals surface area contributed by atoms with Crippen LogP contribution < -0.4 is 11.1 Å². The zero-order valence-corrected chi connectivity index (χ0v) is 11.5. The fourth-order valence-electron chi connectivity index (χ4n) is 4.11. The molecule has 0 amide bonds. The van der Waals surface area contributed by atoms with E-state index in [0.29, 0.717) is 17.9 Å². The number of benzene rings is 2. The first kappa shape index (κ1) is 12.0. The van der Waals surface area contributed by atoms with E-state index in [2.05, 4.69) is 41.7 Å². The lowest BCUT2D eigenvalue weighted by atomic mass is 9.80. The second-order valence-electron chi connectivity index (χ2n) is 5.97. The maximum Gasteiger partial charge on any atom is 0.0360 e. The summed E-state index contributed by atoms with van der Waals surface area (Å²) in [6.07, 6.45) is 2.55. The molecule has 2 nitrogen and oxygen atoms in total. The molecule has 0 saturated carbocycles. The van der Waals surface area contributed by atoms with Gasteiger partial charge in [0, 0.05) is 17.6 Å². The maximum atomic E-state index is 6.26. The molecule has 2 aromatic rings. The molecule has 0 radical (unpaired) electrons. The van der Waals surface area contributed by atoms with Gasteiger partial charge in [-0.15, -0.1) is 0 Å². The minimum atomic E-state index is 0.449. The van der Waals surface area contributed by atoms with Gasteiger partial charge in [-0.1, -0.05) is 42.5 Å². The van der Waals surface area contributed by atoms with Crippen LogP contribution in [0, 0.1) is 5.92 Å². The van der Waals surface area contributed by atoms with Gasteiger partial charge >= 0.3 is 0 Å². The van der Waals surface area contributed by atoms with Gasteiger partial charge in [0.15, 0.2) is 0 Å². The molecule has 1 aliphatic heterocycles. The van der Waals surface area contributed by atoms with E-state index in [1.54, 1.807) is 0 Å². The lowest BCUT2D eigenvalue weighted by Crippen LogP contribution is -2.33. The number of nitrogens with two attached hydrogens (primary N) is 1. The number of hydrogen-bond donors (Lipinski definition) is 2.